The van der Waals surface area contributed by atoms with Gasteiger partial charge in [-0.25, -0.2) is 9.97 Å². The molecule has 34 heavy (non-hydrogen) atoms. The molecule has 4 rings (SSSR count). The fourth-order valence-electron chi connectivity index (χ4n) is 3.61. The fraction of sp³-hybridized carbons (Fsp3) is 0.231. The first-order valence-corrected chi connectivity index (χ1v) is 11.3. The molecule has 8 nitrogen and oxygen atoms in total. The van der Waals surface area contributed by atoms with E-state index < -0.39 is 0 Å². The smallest absolute Gasteiger partial charge is 0.246 e. The molecule has 1 atom stereocenters. The molecule has 0 saturated carbocycles. The monoisotopic (exact) mass is 458 g/mol. The van der Waals surface area contributed by atoms with E-state index in [-0.39, 0.29) is 23.5 Å². The van der Waals surface area contributed by atoms with Gasteiger partial charge in [-0.2, -0.15) is 0 Å². The Labute approximate surface area is 200 Å². The van der Waals surface area contributed by atoms with Crippen LogP contribution in [0.15, 0.2) is 73.6 Å². The third-order valence-electron chi connectivity index (χ3n) is 5.26. The zero-order valence-electron chi connectivity index (χ0n) is 19.5. The molecule has 1 amide bonds. The highest BCUT2D eigenvalue weighted by Crippen LogP contribution is 2.26. The number of nitrogens with two attached hydrogens (primary N) is 1. The zero-order chi connectivity index (χ0) is 24.5. The summed E-state index contributed by atoms with van der Waals surface area (Å²) in [7, 11) is 0. The van der Waals surface area contributed by atoms with E-state index in [0.717, 1.165) is 12.2 Å². The second-order valence-corrected chi connectivity index (χ2v) is 7.42. The van der Waals surface area contributed by atoms with Gasteiger partial charge in [0.25, 0.3) is 0 Å². The molecular formula is C26H30N6O2. The van der Waals surface area contributed by atoms with Crippen LogP contribution in [0.5, 0.6) is 11.5 Å². The Bertz CT molecular complexity index is 1130. The highest BCUT2D eigenvalue weighted by molar-refractivity contribution is 6.16. The number of hydrogen-bond acceptors (Lipinski definition) is 7. The summed E-state index contributed by atoms with van der Waals surface area (Å²) < 4.78 is 5.82. The Balaban J connectivity index is 0.00000158. The van der Waals surface area contributed by atoms with Crippen molar-refractivity contribution in [1.29, 1.82) is 5.41 Å². The van der Waals surface area contributed by atoms with Crippen LogP contribution >= 0.6 is 0 Å². The maximum Gasteiger partial charge on any atom is 0.246 e. The number of aromatic nitrogens is 2. The third kappa shape index (κ3) is 5.78. The summed E-state index contributed by atoms with van der Waals surface area (Å²) in [5.74, 6) is 2.01. The van der Waals surface area contributed by atoms with Gasteiger partial charge in [-0.05, 0) is 48.9 Å². The Morgan fingerprint density at radius 1 is 1.15 bits per heavy atom. The molecule has 1 aliphatic heterocycles. The first-order chi connectivity index (χ1) is 16.5. The van der Waals surface area contributed by atoms with Crippen LogP contribution in [0.2, 0.25) is 0 Å². The number of nitrogens with one attached hydrogen (secondary N) is 2. The lowest BCUT2D eigenvalue weighted by Crippen LogP contribution is -2.30. The lowest BCUT2D eigenvalue weighted by Gasteiger charge is -2.18. The van der Waals surface area contributed by atoms with Crippen molar-refractivity contribution < 1.29 is 9.53 Å². The topological polar surface area (TPSA) is 117 Å². The molecule has 4 N–H and O–H groups in total. The SMILES string of the molecule is C=CC(=O)N1CCC(Nc2ncnc(N)c2C(=N)c2ccc(Oc3ccccc3)cc2)C1.CC. The summed E-state index contributed by atoms with van der Waals surface area (Å²) in [5, 5.41) is 12.1. The second kappa shape index (κ2) is 11.6. The van der Waals surface area contributed by atoms with Gasteiger partial charge in [0.1, 0.15) is 29.5 Å². The summed E-state index contributed by atoms with van der Waals surface area (Å²) in [4.78, 5) is 22.0. The molecule has 0 bridgehead atoms. The molecule has 0 aliphatic carbocycles. The van der Waals surface area contributed by atoms with Crippen LogP contribution in [-0.4, -0.2) is 45.6 Å². The van der Waals surface area contributed by atoms with Gasteiger partial charge >= 0.3 is 0 Å². The van der Waals surface area contributed by atoms with E-state index >= 15 is 0 Å². The first-order valence-electron chi connectivity index (χ1n) is 11.3. The largest absolute Gasteiger partial charge is 0.457 e. The van der Waals surface area contributed by atoms with Crippen LogP contribution in [0.1, 0.15) is 31.4 Å². The van der Waals surface area contributed by atoms with Gasteiger partial charge in [0, 0.05) is 24.7 Å². The lowest BCUT2D eigenvalue weighted by atomic mass is 10.0. The molecular weight excluding hydrogens is 428 g/mol. The zero-order valence-corrected chi connectivity index (χ0v) is 19.5. The minimum atomic E-state index is -0.0951. The summed E-state index contributed by atoms with van der Waals surface area (Å²) in [5.41, 5.74) is 7.42. The Kier molecular flexibility index (Phi) is 8.34. The van der Waals surface area contributed by atoms with E-state index in [1.54, 1.807) is 29.2 Å². The standard InChI is InChI=1S/C24H24N6O2.C2H6/c1-2-20(31)30-13-12-17(14-30)29-24-21(23(26)27-15-28-24)22(25)16-8-10-19(11-9-16)32-18-6-4-3-5-7-18;1-2/h2-11,15,17,25H,1,12-14H2,(H3,26,27,28,29);1-2H3. The van der Waals surface area contributed by atoms with Gasteiger partial charge in [0.15, 0.2) is 0 Å². The van der Waals surface area contributed by atoms with E-state index in [1.165, 1.54) is 12.4 Å². The molecule has 1 aliphatic rings. The Morgan fingerprint density at radius 2 is 1.82 bits per heavy atom. The van der Waals surface area contributed by atoms with Gasteiger partial charge in [0.2, 0.25) is 5.91 Å². The number of ether oxygens (including phenoxy) is 1. The van der Waals surface area contributed by atoms with Gasteiger partial charge in [-0.3, -0.25) is 10.2 Å². The molecule has 3 aromatic rings. The predicted molar refractivity (Wildman–Crippen MR) is 135 cm³/mol. The third-order valence-corrected chi connectivity index (χ3v) is 5.26. The fourth-order valence-corrected chi connectivity index (χ4v) is 3.61. The van der Waals surface area contributed by atoms with Gasteiger partial charge in [0.05, 0.1) is 11.3 Å². The summed E-state index contributed by atoms with van der Waals surface area (Å²) in [6.45, 7) is 8.71. The van der Waals surface area contributed by atoms with Gasteiger partial charge in [-0.1, -0.05) is 38.6 Å². The molecule has 1 unspecified atom stereocenters. The molecule has 176 valence electrons. The summed E-state index contributed by atoms with van der Waals surface area (Å²) in [6, 6.07) is 16.7. The number of benzene rings is 2. The van der Waals surface area contributed by atoms with Gasteiger partial charge < -0.3 is 20.7 Å². The van der Waals surface area contributed by atoms with Crippen molar-refractivity contribution in [2.45, 2.75) is 26.3 Å². The maximum absolute atomic E-state index is 11.9. The normalized spacial score (nSPS) is 14.5. The van der Waals surface area contributed by atoms with Crippen molar-refractivity contribution in [2.75, 3.05) is 24.1 Å². The van der Waals surface area contributed by atoms with Crippen LogP contribution in [0.25, 0.3) is 0 Å². The van der Waals surface area contributed by atoms with Crippen molar-refractivity contribution in [3.63, 3.8) is 0 Å². The van der Waals surface area contributed by atoms with E-state index in [1.807, 2.05) is 44.2 Å². The van der Waals surface area contributed by atoms with Crippen molar-refractivity contribution in [2.24, 2.45) is 0 Å². The van der Waals surface area contributed by atoms with E-state index in [0.29, 0.717) is 35.8 Å². The second-order valence-electron chi connectivity index (χ2n) is 7.42. The highest BCUT2D eigenvalue weighted by atomic mass is 16.5. The molecule has 0 radical (unpaired) electrons. The number of rotatable bonds is 7. The molecule has 2 heterocycles. The average Bonchev–Trinajstić information content (AvgIpc) is 3.34. The molecule has 1 aromatic heterocycles. The van der Waals surface area contributed by atoms with Gasteiger partial charge in [-0.15, -0.1) is 0 Å². The predicted octanol–water partition coefficient (Wildman–Crippen LogP) is 4.49. The Morgan fingerprint density at radius 3 is 2.50 bits per heavy atom. The van der Waals surface area contributed by atoms with Crippen molar-refractivity contribution in [3.8, 4) is 11.5 Å². The Hall–Kier alpha value is -4.20. The quantitative estimate of drug-likeness (QED) is 0.355. The molecule has 2 aromatic carbocycles. The number of carbonyl (C=O) groups is 1. The van der Waals surface area contributed by atoms with Crippen LogP contribution in [0.3, 0.4) is 0 Å². The van der Waals surface area contributed by atoms with Crippen LogP contribution < -0.4 is 15.8 Å². The van der Waals surface area contributed by atoms with Crippen molar-refractivity contribution >= 4 is 23.3 Å². The van der Waals surface area contributed by atoms with Crippen LogP contribution in [0.4, 0.5) is 11.6 Å². The average molecular weight is 459 g/mol. The van der Waals surface area contributed by atoms with Crippen molar-refractivity contribution in [3.05, 3.63) is 84.7 Å². The number of likely N-dealkylation sites (tertiary alicyclic amines) is 1. The lowest BCUT2D eigenvalue weighted by molar-refractivity contribution is -0.125. The highest BCUT2D eigenvalue weighted by Gasteiger charge is 2.26. The molecule has 1 fully saturated rings. The molecule has 8 heteroatoms. The number of nitrogen functional groups attached to an aromatic ring is 1. The number of amides is 1. The van der Waals surface area contributed by atoms with E-state index in [4.69, 9.17) is 15.9 Å². The minimum absolute atomic E-state index is 0.00129. The summed E-state index contributed by atoms with van der Waals surface area (Å²) >= 11 is 0. The van der Waals surface area contributed by atoms with E-state index in [9.17, 15) is 4.79 Å². The number of hydrogen-bond donors (Lipinski definition) is 3. The van der Waals surface area contributed by atoms with Crippen LogP contribution in [-0.2, 0) is 4.79 Å². The number of para-hydroxylation sites is 1. The van der Waals surface area contributed by atoms with E-state index in [2.05, 4.69) is 21.9 Å². The number of anilines is 2. The number of carbonyl (C=O) groups excluding carboxylic acids is 1. The molecule has 1 saturated heterocycles. The van der Waals surface area contributed by atoms with Crippen LogP contribution in [0, 0.1) is 5.41 Å². The number of nitrogens with zero attached hydrogens (tertiary/aromatic N) is 3. The minimum Gasteiger partial charge on any atom is -0.457 e. The first kappa shape index (κ1) is 24.4. The molecule has 0 spiro atoms. The van der Waals surface area contributed by atoms with Crippen molar-refractivity contribution in [1.82, 2.24) is 14.9 Å². The maximum atomic E-state index is 11.9. The summed E-state index contributed by atoms with van der Waals surface area (Å²) in [6.07, 6.45) is 3.45.